The number of likely N-dealkylation sites (tertiary alicyclic amines) is 1. The van der Waals surface area contributed by atoms with E-state index in [1.807, 2.05) is 19.2 Å². The number of hydrogen-bond acceptors (Lipinski definition) is 5. The minimum atomic E-state index is -0.126. The summed E-state index contributed by atoms with van der Waals surface area (Å²) in [6.45, 7) is 8.55. The van der Waals surface area contributed by atoms with E-state index >= 15 is 0 Å². The standard InChI is InChI=1S/C28H34FN5/c1-3-19-12-26-23(13-24(19)29)27(34-17-21-8-11-32(2)16-22(21)18-34)14-25(31-26)20-6-7-28(30-15-20)33-9-4-5-10-33/h6-7,12-15,21-22H,3-5,8-11,16-18H2,1-2H3. The Kier molecular flexibility index (Phi) is 5.64. The number of benzene rings is 1. The minimum Gasteiger partial charge on any atom is -0.370 e. The van der Waals surface area contributed by atoms with Gasteiger partial charge in [0.15, 0.2) is 0 Å². The number of fused-ring (bicyclic) bond motifs is 2. The van der Waals surface area contributed by atoms with Crippen molar-refractivity contribution in [3.05, 3.63) is 47.9 Å². The van der Waals surface area contributed by atoms with Crippen LogP contribution in [-0.2, 0) is 6.42 Å². The molecule has 0 saturated carbocycles. The second-order valence-electron chi connectivity index (χ2n) is 10.4. The monoisotopic (exact) mass is 459 g/mol. The summed E-state index contributed by atoms with van der Waals surface area (Å²) in [5, 5.41) is 0.923. The summed E-state index contributed by atoms with van der Waals surface area (Å²) in [7, 11) is 2.22. The van der Waals surface area contributed by atoms with Gasteiger partial charge in [0.1, 0.15) is 11.6 Å². The van der Waals surface area contributed by atoms with Gasteiger partial charge in [-0.15, -0.1) is 0 Å². The molecule has 5 heterocycles. The normalized spacial score (nSPS) is 23.1. The molecule has 0 spiro atoms. The summed E-state index contributed by atoms with van der Waals surface area (Å²) >= 11 is 0. The van der Waals surface area contributed by atoms with Gasteiger partial charge < -0.3 is 14.7 Å². The Morgan fingerprint density at radius 3 is 2.56 bits per heavy atom. The summed E-state index contributed by atoms with van der Waals surface area (Å²) in [5.41, 5.74) is 4.65. The average molecular weight is 460 g/mol. The number of halogens is 1. The molecule has 34 heavy (non-hydrogen) atoms. The summed E-state index contributed by atoms with van der Waals surface area (Å²) < 4.78 is 14.9. The van der Waals surface area contributed by atoms with E-state index in [9.17, 15) is 4.39 Å². The Morgan fingerprint density at radius 2 is 1.79 bits per heavy atom. The maximum atomic E-state index is 14.9. The zero-order valence-electron chi connectivity index (χ0n) is 20.3. The first-order valence-corrected chi connectivity index (χ1v) is 12.9. The van der Waals surface area contributed by atoms with Crippen molar-refractivity contribution in [1.82, 2.24) is 14.9 Å². The van der Waals surface area contributed by atoms with Crippen LogP contribution in [-0.4, -0.2) is 61.2 Å². The highest BCUT2D eigenvalue weighted by molar-refractivity contribution is 5.95. The van der Waals surface area contributed by atoms with Crippen molar-refractivity contribution < 1.29 is 4.39 Å². The van der Waals surface area contributed by atoms with Crippen molar-refractivity contribution in [3.63, 3.8) is 0 Å². The van der Waals surface area contributed by atoms with E-state index in [2.05, 4.69) is 39.9 Å². The number of anilines is 2. The number of hydrogen-bond donors (Lipinski definition) is 0. The molecule has 0 bridgehead atoms. The van der Waals surface area contributed by atoms with E-state index in [1.54, 1.807) is 6.07 Å². The largest absolute Gasteiger partial charge is 0.370 e. The molecule has 6 heteroatoms. The average Bonchev–Trinajstić information content (AvgIpc) is 3.53. The molecular formula is C28H34FN5. The van der Waals surface area contributed by atoms with Gasteiger partial charge in [0.25, 0.3) is 0 Å². The highest BCUT2D eigenvalue weighted by atomic mass is 19.1. The molecule has 0 N–H and O–H groups in total. The Balaban J connectivity index is 1.41. The maximum Gasteiger partial charge on any atom is 0.128 e. The molecule has 0 aliphatic carbocycles. The molecule has 3 aromatic rings. The molecule has 3 aliphatic rings. The highest BCUT2D eigenvalue weighted by Crippen LogP contribution is 2.39. The van der Waals surface area contributed by atoms with Gasteiger partial charge in [-0.3, -0.25) is 0 Å². The third kappa shape index (κ3) is 3.92. The Hall–Kier alpha value is -2.73. The van der Waals surface area contributed by atoms with E-state index in [0.717, 1.165) is 72.0 Å². The number of piperidine rings is 1. The van der Waals surface area contributed by atoms with Crippen molar-refractivity contribution in [2.75, 3.05) is 56.1 Å². The third-order valence-electron chi connectivity index (χ3n) is 8.15. The van der Waals surface area contributed by atoms with Crippen LogP contribution in [0.2, 0.25) is 0 Å². The Labute approximate surface area is 201 Å². The molecule has 178 valence electrons. The van der Waals surface area contributed by atoms with E-state index in [-0.39, 0.29) is 5.82 Å². The molecule has 1 aromatic carbocycles. The Bertz CT molecular complexity index is 1190. The van der Waals surface area contributed by atoms with Crippen molar-refractivity contribution in [2.45, 2.75) is 32.6 Å². The summed E-state index contributed by atoms with van der Waals surface area (Å²) in [6, 6.07) is 10.1. The molecule has 3 fully saturated rings. The van der Waals surface area contributed by atoms with Crippen molar-refractivity contribution in [2.24, 2.45) is 11.8 Å². The fourth-order valence-corrected chi connectivity index (χ4v) is 6.17. The first-order valence-electron chi connectivity index (χ1n) is 12.9. The van der Waals surface area contributed by atoms with Crippen LogP contribution in [0.1, 0.15) is 31.7 Å². The Morgan fingerprint density at radius 1 is 0.971 bits per heavy atom. The van der Waals surface area contributed by atoms with E-state index in [4.69, 9.17) is 9.97 Å². The van der Waals surface area contributed by atoms with Gasteiger partial charge in [0.05, 0.1) is 11.2 Å². The van der Waals surface area contributed by atoms with Crippen LogP contribution in [0.4, 0.5) is 15.9 Å². The quantitative estimate of drug-likeness (QED) is 0.550. The second kappa shape index (κ2) is 8.81. The molecule has 2 unspecified atom stereocenters. The lowest BCUT2D eigenvalue weighted by atomic mass is 9.89. The topological polar surface area (TPSA) is 35.5 Å². The molecule has 2 aromatic heterocycles. The van der Waals surface area contributed by atoms with Crippen LogP contribution in [0.15, 0.2) is 36.5 Å². The van der Waals surface area contributed by atoms with Crippen LogP contribution in [0.5, 0.6) is 0 Å². The first-order chi connectivity index (χ1) is 16.6. The predicted molar refractivity (Wildman–Crippen MR) is 137 cm³/mol. The van der Waals surface area contributed by atoms with Crippen LogP contribution in [0, 0.1) is 17.7 Å². The number of pyridine rings is 2. The SMILES string of the molecule is CCc1cc2nc(-c3ccc(N4CCCC4)nc3)cc(N3CC4CCN(C)CC4C3)c2cc1F. The first kappa shape index (κ1) is 21.8. The molecular weight excluding hydrogens is 425 g/mol. The molecule has 2 atom stereocenters. The van der Waals surface area contributed by atoms with Crippen molar-refractivity contribution >= 4 is 22.4 Å². The zero-order valence-corrected chi connectivity index (χ0v) is 20.3. The summed E-state index contributed by atoms with van der Waals surface area (Å²) in [4.78, 5) is 17.0. The van der Waals surface area contributed by atoms with E-state index in [0.29, 0.717) is 18.3 Å². The second-order valence-corrected chi connectivity index (χ2v) is 10.4. The highest BCUT2D eigenvalue weighted by Gasteiger charge is 2.37. The fourth-order valence-electron chi connectivity index (χ4n) is 6.17. The van der Waals surface area contributed by atoms with Crippen LogP contribution < -0.4 is 9.80 Å². The maximum absolute atomic E-state index is 14.9. The lowest BCUT2D eigenvalue weighted by Crippen LogP contribution is -2.37. The van der Waals surface area contributed by atoms with Gasteiger partial charge >= 0.3 is 0 Å². The van der Waals surface area contributed by atoms with Crippen molar-refractivity contribution in [3.8, 4) is 11.3 Å². The number of nitrogens with zero attached hydrogens (tertiary/aromatic N) is 5. The van der Waals surface area contributed by atoms with Crippen LogP contribution in [0.25, 0.3) is 22.2 Å². The minimum absolute atomic E-state index is 0.126. The third-order valence-corrected chi connectivity index (χ3v) is 8.15. The van der Waals surface area contributed by atoms with Gasteiger partial charge in [-0.2, -0.15) is 0 Å². The summed E-state index contributed by atoms with van der Waals surface area (Å²) in [5.74, 6) is 2.31. The summed E-state index contributed by atoms with van der Waals surface area (Å²) in [6.07, 6.45) is 6.33. The number of rotatable bonds is 4. The lowest BCUT2D eigenvalue weighted by molar-refractivity contribution is 0.178. The smallest absolute Gasteiger partial charge is 0.128 e. The molecule has 3 aliphatic heterocycles. The molecule has 0 radical (unpaired) electrons. The van der Waals surface area contributed by atoms with Crippen LogP contribution >= 0.6 is 0 Å². The predicted octanol–water partition coefficient (Wildman–Crippen LogP) is 4.99. The van der Waals surface area contributed by atoms with E-state index in [1.165, 1.54) is 25.8 Å². The van der Waals surface area contributed by atoms with E-state index < -0.39 is 0 Å². The molecule has 3 saturated heterocycles. The molecule has 0 amide bonds. The molecule has 5 nitrogen and oxygen atoms in total. The van der Waals surface area contributed by atoms with Crippen LogP contribution in [0.3, 0.4) is 0 Å². The number of aromatic nitrogens is 2. The van der Waals surface area contributed by atoms with Gasteiger partial charge in [0.2, 0.25) is 0 Å². The fraction of sp³-hybridized carbons (Fsp3) is 0.500. The van der Waals surface area contributed by atoms with Crippen molar-refractivity contribution in [1.29, 1.82) is 0 Å². The lowest BCUT2D eigenvalue weighted by Gasteiger charge is -2.31. The zero-order chi connectivity index (χ0) is 23.2. The van der Waals surface area contributed by atoms with Gasteiger partial charge in [0, 0.05) is 55.6 Å². The molecule has 6 rings (SSSR count). The van der Waals surface area contributed by atoms with Gasteiger partial charge in [-0.25, -0.2) is 14.4 Å². The number of aryl methyl sites for hydroxylation is 1. The van der Waals surface area contributed by atoms with Gasteiger partial charge in [-0.05, 0) is 87.0 Å². The van der Waals surface area contributed by atoms with Gasteiger partial charge in [-0.1, -0.05) is 6.92 Å².